The SMILES string of the molecule is CCCNC(=O)Nc1ccc(N2C(=O)c3ccccc3C2=O)cc1. The Morgan fingerprint density at radius 2 is 1.54 bits per heavy atom. The molecule has 3 rings (SSSR count). The summed E-state index contributed by atoms with van der Waals surface area (Å²) >= 11 is 0. The van der Waals surface area contributed by atoms with E-state index >= 15 is 0 Å². The van der Waals surface area contributed by atoms with E-state index < -0.39 is 0 Å². The minimum Gasteiger partial charge on any atom is -0.338 e. The van der Waals surface area contributed by atoms with Gasteiger partial charge >= 0.3 is 6.03 Å². The Hall–Kier alpha value is -3.15. The van der Waals surface area contributed by atoms with Crippen LogP contribution in [0.25, 0.3) is 0 Å². The van der Waals surface area contributed by atoms with E-state index in [2.05, 4.69) is 10.6 Å². The van der Waals surface area contributed by atoms with Crippen LogP contribution < -0.4 is 15.5 Å². The van der Waals surface area contributed by atoms with E-state index in [0.717, 1.165) is 11.3 Å². The van der Waals surface area contributed by atoms with Gasteiger partial charge in [0, 0.05) is 12.2 Å². The smallest absolute Gasteiger partial charge is 0.319 e. The van der Waals surface area contributed by atoms with Crippen LogP contribution in [-0.4, -0.2) is 24.4 Å². The number of carbonyl (C=O) groups is 3. The molecule has 2 N–H and O–H groups in total. The summed E-state index contributed by atoms with van der Waals surface area (Å²) in [7, 11) is 0. The number of urea groups is 1. The molecule has 1 aliphatic heterocycles. The summed E-state index contributed by atoms with van der Waals surface area (Å²) in [5.74, 6) is -0.672. The van der Waals surface area contributed by atoms with Crippen molar-refractivity contribution in [3.63, 3.8) is 0 Å². The lowest BCUT2D eigenvalue weighted by Gasteiger charge is -2.14. The summed E-state index contributed by atoms with van der Waals surface area (Å²) in [6.45, 7) is 2.57. The number of nitrogens with one attached hydrogen (secondary N) is 2. The maximum absolute atomic E-state index is 12.4. The predicted octanol–water partition coefficient (Wildman–Crippen LogP) is 3.02. The van der Waals surface area contributed by atoms with Crippen LogP contribution in [0.2, 0.25) is 0 Å². The van der Waals surface area contributed by atoms with Gasteiger partial charge in [0.05, 0.1) is 16.8 Å². The first kappa shape index (κ1) is 15.7. The fourth-order valence-corrected chi connectivity index (χ4v) is 2.53. The van der Waals surface area contributed by atoms with Crippen molar-refractivity contribution in [2.75, 3.05) is 16.8 Å². The first-order valence-corrected chi connectivity index (χ1v) is 7.74. The summed E-state index contributed by atoms with van der Waals surface area (Å²) in [6.07, 6.45) is 0.853. The normalized spacial score (nSPS) is 13.0. The molecule has 0 atom stereocenters. The summed E-state index contributed by atoms with van der Waals surface area (Å²) in [6, 6.07) is 13.0. The van der Waals surface area contributed by atoms with Crippen molar-refractivity contribution >= 4 is 29.2 Å². The molecule has 0 unspecified atom stereocenters. The van der Waals surface area contributed by atoms with Crippen LogP contribution in [-0.2, 0) is 0 Å². The monoisotopic (exact) mass is 323 g/mol. The Kier molecular flexibility index (Phi) is 4.29. The van der Waals surface area contributed by atoms with Gasteiger partial charge < -0.3 is 10.6 Å². The largest absolute Gasteiger partial charge is 0.338 e. The number of anilines is 2. The van der Waals surface area contributed by atoms with Crippen LogP contribution in [0.4, 0.5) is 16.2 Å². The van der Waals surface area contributed by atoms with E-state index in [0.29, 0.717) is 29.0 Å². The third kappa shape index (κ3) is 2.86. The molecule has 122 valence electrons. The van der Waals surface area contributed by atoms with Gasteiger partial charge in [-0.25, -0.2) is 9.69 Å². The van der Waals surface area contributed by atoms with Crippen molar-refractivity contribution in [1.29, 1.82) is 0 Å². The molecule has 1 heterocycles. The van der Waals surface area contributed by atoms with Crippen molar-refractivity contribution in [3.05, 3.63) is 59.7 Å². The van der Waals surface area contributed by atoms with Crippen molar-refractivity contribution in [2.45, 2.75) is 13.3 Å². The third-order valence-corrected chi connectivity index (χ3v) is 3.71. The molecule has 0 spiro atoms. The molecule has 0 bridgehead atoms. The molecular weight excluding hydrogens is 306 g/mol. The molecule has 2 aromatic carbocycles. The molecule has 6 heteroatoms. The van der Waals surface area contributed by atoms with Crippen LogP contribution in [0.3, 0.4) is 0 Å². The Morgan fingerprint density at radius 1 is 0.958 bits per heavy atom. The molecule has 0 saturated carbocycles. The average molecular weight is 323 g/mol. The van der Waals surface area contributed by atoms with Gasteiger partial charge in [-0.05, 0) is 42.8 Å². The number of imide groups is 1. The molecule has 24 heavy (non-hydrogen) atoms. The molecule has 0 fully saturated rings. The second-order valence-electron chi connectivity index (χ2n) is 5.42. The second-order valence-corrected chi connectivity index (χ2v) is 5.42. The van der Waals surface area contributed by atoms with Gasteiger partial charge in [0.15, 0.2) is 0 Å². The minimum absolute atomic E-state index is 0.287. The second kappa shape index (κ2) is 6.54. The van der Waals surface area contributed by atoms with Crippen molar-refractivity contribution in [1.82, 2.24) is 5.32 Å². The lowest BCUT2D eigenvalue weighted by Crippen LogP contribution is -2.30. The number of fused-ring (bicyclic) bond motifs is 1. The van der Waals surface area contributed by atoms with Crippen LogP contribution in [0.5, 0.6) is 0 Å². The number of rotatable bonds is 4. The Balaban J connectivity index is 1.76. The summed E-state index contributed by atoms with van der Waals surface area (Å²) in [5.41, 5.74) is 1.87. The number of benzene rings is 2. The molecule has 0 radical (unpaired) electrons. The van der Waals surface area contributed by atoms with Gasteiger partial charge in [-0.2, -0.15) is 0 Å². The van der Waals surface area contributed by atoms with Gasteiger partial charge in [-0.15, -0.1) is 0 Å². The maximum atomic E-state index is 12.4. The predicted molar refractivity (Wildman–Crippen MR) is 91.3 cm³/mol. The Labute approximate surface area is 139 Å². The molecule has 0 aromatic heterocycles. The van der Waals surface area contributed by atoms with Crippen LogP contribution >= 0.6 is 0 Å². The zero-order valence-corrected chi connectivity index (χ0v) is 13.2. The van der Waals surface area contributed by atoms with E-state index in [1.165, 1.54) is 0 Å². The van der Waals surface area contributed by atoms with Gasteiger partial charge in [0.1, 0.15) is 0 Å². The highest BCUT2D eigenvalue weighted by Crippen LogP contribution is 2.28. The Morgan fingerprint density at radius 3 is 2.08 bits per heavy atom. The fraction of sp³-hybridized carbons (Fsp3) is 0.167. The average Bonchev–Trinajstić information content (AvgIpc) is 2.85. The molecule has 6 nitrogen and oxygen atoms in total. The number of nitrogens with zero attached hydrogens (tertiary/aromatic N) is 1. The summed E-state index contributed by atoms with van der Waals surface area (Å²) < 4.78 is 0. The number of hydrogen-bond donors (Lipinski definition) is 2. The van der Waals surface area contributed by atoms with E-state index in [9.17, 15) is 14.4 Å². The lowest BCUT2D eigenvalue weighted by molar-refractivity contribution is 0.0926. The highest BCUT2D eigenvalue weighted by Gasteiger charge is 2.36. The quantitative estimate of drug-likeness (QED) is 0.849. The van der Waals surface area contributed by atoms with Gasteiger partial charge in [0.2, 0.25) is 0 Å². The highest BCUT2D eigenvalue weighted by atomic mass is 16.2. The van der Waals surface area contributed by atoms with E-state index in [1.54, 1.807) is 48.5 Å². The molecular formula is C18H17N3O3. The summed E-state index contributed by atoms with van der Waals surface area (Å²) in [4.78, 5) is 37.6. The van der Waals surface area contributed by atoms with Gasteiger partial charge in [-0.1, -0.05) is 19.1 Å². The molecule has 2 aromatic rings. The number of amides is 4. The van der Waals surface area contributed by atoms with Crippen LogP contribution in [0.15, 0.2) is 48.5 Å². The minimum atomic E-state index is -0.336. The van der Waals surface area contributed by atoms with E-state index in [-0.39, 0.29) is 17.8 Å². The fourth-order valence-electron chi connectivity index (χ4n) is 2.53. The van der Waals surface area contributed by atoms with Gasteiger partial charge in [0.25, 0.3) is 11.8 Å². The highest BCUT2D eigenvalue weighted by molar-refractivity contribution is 6.34. The van der Waals surface area contributed by atoms with E-state index in [1.807, 2.05) is 6.92 Å². The first-order valence-electron chi connectivity index (χ1n) is 7.74. The topological polar surface area (TPSA) is 78.5 Å². The number of hydrogen-bond acceptors (Lipinski definition) is 3. The maximum Gasteiger partial charge on any atom is 0.319 e. The van der Waals surface area contributed by atoms with E-state index in [4.69, 9.17) is 0 Å². The Bertz CT molecular complexity index is 764. The first-order chi connectivity index (χ1) is 11.6. The van der Waals surface area contributed by atoms with Crippen molar-refractivity contribution in [3.8, 4) is 0 Å². The van der Waals surface area contributed by atoms with Crippen molar-refractivity contribution in [2.24, 2.45) is 0 Å². The standard InChI is InChI=1S/C18H17N3O3/c1-2-11-19-18(24)20-12-7-9-13(10-8-12)21-16(22)14-5-3-4-6-15(14)17(21)23/h3-10H,2,11H2,1H3,(H2,19,20,24). The zero-order valence-electron chi connectivity index (χ0n) is 13.2. The summed E-state index contributed by atoms with van der Waals surface area (Å²) in [5, 5.41) is 5.40. The molecule has 0 saturated heterocycles. The van der Waals surface area contributed by atoms with Crippen LogP contribution in [0, 0.1) is 0 Å². The number of carbonyl (C=O) groups excluding carboxylic acids is 3. The van der Waals surface area contributed by atoms with Crippen LogP contribution in [0.1, 0.15) is 34.1 Å². The molecule has 0 aliphatic carbocycles. The zero-order chi connectivity index (χ0) is 17.1. The van der Waals surface area contributed by atoms with Crippen molar-refractivity contribution < 1.29 is 14.4 Å². The van der Waals surface area contributed by atoms with Gasteiger partial charge in [-0.3, -0.25) is 9.59 Å². The lowest BCUT2D eigenvalue weighted by atomic mass is 10.1. The molecule has 4 amide bonds. The molecule has 1 aliphatic rings. The third-order valence-electron chi connectivity index (χ3n) is 3.71.